The van der Waals surface area contributed by atoms with Crippen molar-refractivity contribution in [2.75, 3.05) is 6.61 Å². The zero-order valence-corrected chi connectivity index (χ0v) is 10.7. The fourth-order valence-corrected chi connectivity index (χ4v) is 1.30. The van der Waals surface area contributed by atoms with Crippen molar-refractivity contribution in [1.82, 2.24) is 10.6 Å². The Hall–Kier alpha value is -1.38. The van der Waals surface area contributed by atoms with Crippen LogP contribution >= 0.6 is 11.6 Å². The predicted octanol–water partition coefficient (Wildman–Crippen LogP) is 0.886. The van der Waals surface area contributed by atoms with Crippen molar-refractivity contribution >= 4 is 17.7 Å². The summed E-state index contributed by atoms with van der Waals surface area (Å²) < 4.78 is 5.07. The summed E-state index contributed by atoms with van der Waals surface area (Å²) in [4.78, 5) is 11.5. The summed E-state index contributed by atoms with van der Waals surface area (Å²) in [6.45, 7) is 4.98. The van der Waals surface area contributed by atoms with E-state index in [1.54, 1.807) is 20.8 Å². The molecule has 17 heavy (non-hydrogen) atoms. The Bertz CT molecular complexity index is 401. The van der Waals surface area contributed by atoms with Gasteiger partial charge in [-0.15, -0.1) is 0 Å². The lowest BCUT2D eigenvalue weighted by Gasteiger charge is -2.21. The number of rotatable bonds is 2. The van der Waals surface area contributed by atoms with Gasteiger partial charge in [0.1, 0.15) is 11.3 Å². The normalized spacial score (nSPS) is 19.0. The molecule has 0 aliphatic carbocycles. The zero-order valence-electron chi connectivity index (χ0n) is 9.93. The summed E-state index contributed by atoms with van der Waals surface area (Å²) in [5.41, 5.74) is -0.510. The summed E-state index contributed by atoms with van der Waals surface area (Å²) in [6, 6.07) is 0. The van der Waals surface area contributed by atoms with E-state index < -0.39 is 17.2 Å². The van der Waals surface area contributed by atoms with E-state index >= 15 is 0 Å². The number of amides is 1. The summed E-state index contributed by atoms with van der Waals surface area (Å²) in [5, 5.41) is 14.3. The van der Waals surface area contributed by atoms with Crippen molar-refractivity contribution in [2.24, 2.45) is 0 Å². The van der Waals surface area contributed by atoms with Crippen LogP contribution in [0, 0.1) is 11.8 Å². The van der Waals surface area contributed by atoms with Crippen molar-refractivity contribution in [3.8, 4) is 11.8 Å². The van der Waals surface area contributed by atoms with E-state index in [-0.39, 0.29) is 12.3 Å². The van der Waals surface area contributed by atoms with Gasteiger partial charge in [-0.2, -0.15) is 0 Å². The van der Waals surface area contributed by atoms with E-state index in [1.807, 2.05) is 0 Å². The highest BCUT2D eigenvalue weighted by Crippen LogP contribution is 2.09. The average Bonchev–Trinajstić information content (AvgIpc) is 2.17. The molecule has 1 heterocycles. The number of hydrogen-bond acceptors (Lipinski definition) is 4. The van der Waals surface area contributed by atoms with E-state index in [9.17, 15) is 4.79 Å². The van der Waals surface area contributed by atoms with Gasteiger partial charge >= 0.3 is 6.09 Å². The van der Waals surface area contributed by atoms with Gasteiger partial charge < -0.3 is 15.2 Å². The fraction of sp³-hybridized carbons (Fsp3) is 0.545. The van der Waals surface area contributed by atoms with Gasteiger partial charge in [-0.3, -0.25) is 5.32 Å². The van der Waals surface area contributed by atoms with Crippen molar-refractivity contribution < 1.29 is 14.6 Å². The van der Waals surface area contributed by atoms with E-state index in [4.69, 9.17) is 21.4 Å². The quantitative estimate of drug-likeness (QED) is 0.391. The number of alkyl carbamates (subject to hydrolysis) is 1. The molecule has 1 rings (SSSR count). The lowest BCUT2D eigenvalue weighted by Crippen LogP contribution is -2.36. The van der Waals surface area contributed by atoms with E-state index in [0.717, 1.165) is 0 Å². The maximum atomic E-state index is 11.5. The number of halogens is 1. The first-order valence-corrected chi connectivity index (χ1v) is 5.51. The van der Waals surface area contributed by atoms with Crippen molar-refractivity contribution in [3.63, 3.8) is 0 Å². The first-order chi connectivity index (χ1) is 7.81. The van der Waals surface area contributed by atoms with Gasteiger partial charge in [-0.05, 0) is 26.7 Å². The van der Waals surface area contributed by atoms with Crippen LogP contribution in [0.1, 0.15) is 20.8 Å². The molecule has 1 aliphatic heterocycles. The van der Waals surface area contributed by atoms with Crippen LogP contribution in [0.2, 0.25) is 0 Å². The molecule has 3 N–H and O–H groups in total. The molecule has 0 saturated carbocycles. The first kappa shape index (κ1) is 13.7. The van der Waals surface area contributed by atoms with Crippen LogP contribution < -0.4 is 10.6 Å². The molecule has 5 nitrogen and oxygen atoms in total. The average molecular weight is 259 g/mol. The Morgan fingerprint density at radius 3 is 2.82 bits per heavy atom. The van der Waals surface area contributed by atoms with Crippen LogP contribution in [0.5, 0.6) is 0 Å². The number of alkyl halides is 1. The molecule has 0 aromatic heterocycles. The number of ether oxygens (including phenoxy) is 1. The molecule has 6 heteroatoms. The second-order valence-electron chi connectivity index (χ2n) is 4.41. The standard InChI is InChI=1S/C11H15ClN2O3/c1-11(2,3)17-10(16)14-7-4-5-9(12)13-8(7)6-15/h9,13,15H,6H2,1-3H3,(H,14,16). The van der Waals surface area contributed by atoms with Crippen LogP contribution in [0.3, 0.4) is 0 Å². The lowest BCUT2D eigenvalue weighted by atomic mass is 10.2. The fourth-order valence-electron chi connectivity index (χ4n) is 1.11. The number of carbonyl (C=O) groups is 1. The van der Waals surface area contributed by atoms with Gasteiger partial charge in [0, 0.05) is 0 Å². The topological polar surface area (TPSA) is 70.6 Å². The molecular weight excluding hydrogens is 244 g/mol. The largest absolute Gasteiger partial charge is 0.444 e. The SMILES string of the molecule is CC(C)(C)OC(=O)NC1=C(CO)NC(Cl)C#C1. The maximum Gasteiger partial charge on any atom is 0.412 e. The molecule has 0 bridgehead atoms. The smallest absolute Gasteiger partial charge is 0.412 e. The minimum absolute atomic E-state index is 0.277. The molecule has 0 radical (unpaired) electrons. The first-order valence-electron chi connectivity index (χ1n) is 5.08. The number of nitrogens with one attached hydrogen (secondary N) is 2. The van der Waals surface area contributed by atoms with Crippen LogP contribution in [-0.2, 0) is 4.74 Å². The van der Waals surface area contributed by atoms with Gasteiger partial charge in [0.05, 0.1) is 12.3 Å². The number of aliphatic hydroxyl groups is 1. The second-order valence-corrected chi connectivity index (χ2v) is 4.85. The van der Waals surface area contributed by atoms with Gasteiger partial charge in [-0.25, -0.2) is 4.79 Å². The summed E-state index contributed by atoms with van der Waals surface area (Å²) in [5.74, 6) is 5.28. The van der Waals surface area contributed by atoms with Crippen molar-refractivity contribution in [1.29, 1.82) is 0 Å². The minimum atomic E-state index is -0.623. The molecule has 0 aromatic rings. The monoisotopic (exact) mass is 258 g/mol. The number of carbonyl (C=O) groups excluding carboxylic acids is 1. The summed E-state index contributed by atoms with van der Waals surface area (Å²) in [7, 11) is 0. The Labute approximate surface area is 105 Å². The van der Waals surface area contributed by atoms with Crippen LogP contribution in [0.15, 0.2) is 11.4 Å². The summed E-state index contributed by atoms with van der Waals surface area (Å²) >= 11 is 5.72. The van der Waals surface area contributed by atoms with Crippen LogP contribution in [0.4, 0.5) is 4.79 Å². The molecule has 1 amide bonds. The molecule has 94 valence electrons. The Kier molecular flexibility index (Phi) is 4.27. The number of aliphatic hydroxyl groups excluding tert-OH is 1. The molecule has 0 aromatic carbocycles. The third kappa shape index (κ3) is 4.55. The highest BCUT2D eigenvalue weighted by molar-refractivity contribution is 6.22. The van der Waals surface area contributed by atoms with Gasteiger partial charge in [0.25, 0.3) is 0 Å². The second kappa shape index (κ2) is 5.30. The highest BCUT2D eigenvalue weighted by Gasteiger charge is 2.19. The van der Waals surface area contributed by atoms with Crippen molar-refractivity contribution in [3.05, 3.63) is 11.4 Å². The number of allylic oxidation sites excluding steroid dienone is 1. The third-order valence-corrected chi connectivity index (χ3v) is 1.93. The predicted molar refractivity (Wildman–Crippen MR) is 64.0 cm³/mol. The van der Waals surface area contributed by atoms with Gasteiger partial charge in [-0.1, -0.05) is 17.5 Å². The molecule has 0 fully saturated rings. The highest BCUT2D eigenvalue weighted by atomic mass is 35.5. The Morgan fingerprint density at radius 2 is 2.29 bits per heavy atom. The third-order valence-electron chi connectivity index (χ3n) is 1.71. The lowest BCUT2D eigenvalue weighted by molar-refractivity contribution is 0.0547. The van der Waals surface area contributed by atoms with Crippen LogP contribution in [-0.4, -0.2) is 28.9 Å². The van der Waals surface area contributed by atoms with E-state index in [1.165, 1.54) is 0 Å². The van der Waals surface area contributed by atoms with Gasteiger partial charge in [0.15, 0.2) is 5.50 Å². The molecule has 0 saturated heterocycles. The minimum Gasteiger partial charge on any atom is -0.444 e. The van der Waals surface area contributed by atoms with E-state index in [0.29, 0.717) is 5.70 Å². The molecule has 1 unspecified atom stereocenters. The van der Waals surface area contributed by atoms with Gasteiger partial charge in [0.2, 0.25) is 0 Å². The number of hydrogen-bond donors (Lipinski definition) is 3. The maximum absolute atomic E-state index is 11.5. The van der Waals surface area contributed by atoms with Crippen LogP contribution in [0.25, 0.3) is 0 Å². The molecular formula is C11H15ClN2O3. The molecule has 1 atom stereocenters. The zero-order chi connectivity index (χ0) is 13.1. The molecule has 0 spiro atoms. The Balaban J connectivity index is 2.70. The Morgan fingerprint density at radius 1 is 1.65 bits per heavy atom. The van der Waals surface area contributed by atoms with Crippen molar-refractivity contribution in [2.45, 2.75) is 31.9 Å². The summed E-state index contributed by atoms with van der Waals surface area (Å²) in [6.07, 6.45) is -0.623. The molecule has 1 aliphatic rings. The van der Waals surface area contributed by atoms with E-state index in [2.05, 4.69) is 22.5 Å².